The van der Waals surface area contributed by atoms with Crippen molar-refractivity contribution >= 4 is 51.0 Å². The van der Waals surface area contributed by atoms with Crippen LogP contribution in [0.2, 0.25) is 38.3 Å². The summed E-state index contributed by atoms with van der Waals surface area (Å²) in [6.07, 6.45) is 4.26. The number of hydrogen-bond donors (Lipinski definition) is 0. The lowest BCUT2D eigenvalue weighted by atomic mass is 9.77. The molecule has 224 valence electrons. The molecule has 3 aromatic rings. The molecule has 1 unspecified atom stereocenters. The first-order chi connectivity index (χ1) is 19.8. The minimum Gasteiger partial charge on any atom is -0.459 e. The molecule has 1 spiro atoms. The first-order valence-electron chi connectivity index (χ1n) is 14.9. The predicted octanol–water partition coefficient (Wildman–Crippen LogP) is 8.16. The fourth-order valence-corrected chi connectivity index (χ4v) is 15.1. The number of aliphatic imine (C=N–C) groups is 1. The molecule has 0 saturated carbocycles. The number of esters is 1. The molecule has 0 aliphatic carbocycles. The maximum absolute atomic E-state index is 12.7. The average molecular weight is 605 g/mol. The summed E-state index contributed by atoms with van der Waals surface area (Å²) >= 11 is 0. The summed E-state index contributed by atoms with van der Waals surface area (Å²) in [5, 5.41) is 1.94. The van der Waals surface area contributed by atoms with Gasteiger partial charge in [0.15, 0.2) is 16.6 Å². The van der Waals surface area contributed by atoms with Crippen LogP contribution >= 0.6 is 0 Å². The van der Waals surface area contributed by atoms with Crippen LogP contribution in [-0.2, 0) is 19.1 Å². The molecule has 7 nitrogen and oxygen atoms in total. The zero-order valence-corrected chi connectivity index (χ0v) is 28.2. The third-order valence-corrected chi connectivity index (χ3v) is 15.7. The summed E-state index contributed by atoms with van der Waals surface area (Å²) in [6.45, 7) is 15.1. The number of para-hydroxylation sites is 1. The minimum atomic E-state index is -2.19. The standard InChI is InChI=1S/C33H44N2O5Si2/c1-9-10-19-41(5,6)40-42(7,8)21-30(36)38-23-37-25-17-15-24-16-18-29-31(26(24)20-25)34-22-33(39-29)32(2,3)27-13-11-12-14-28(27)35(33)4/h11-18,20,22H,9-10,19,21,23H2,1-8H3. The zero-order valence-electron chi connectivity index (χ0n) is 26.2. The Hall–Kier alpha value is -3.15. The second-order valence-corrected chi connectivity index (χ2v) is 21.9. The van der Waals surface area contributed by atoms with E-state index in [1.807, 2.05) is 36.5 Å². The first kappa shape index (κ1) is 30.3. The van der Waals surface area contributed by atoms with Crippen LogP contribution in [0, 0.1) is 0 Å². The summed E-state index contributed by atoms with van der Waals surface area (Å²) in [5.74, 6) is 1.04. The molecule has 0 aromatic heterocycles. The number of ether oxygens (including phenoxy) is 3. The fraction of sp³-hybridized carbons (Fsp3) is 0.455. The van der Waals surface area contributed by atoms with Gasteiger partial charge < -0.3 is 23.2 Å². The van der Waals surface area contributed by atoms with E-state index in [1.54, 1.807) is 0 Å². The summed E-state index contributed by atoms with van der Waals surface area (Å²) in [6, 6.07) is 19.7. The number of carbonyl (C=O) groups excluding carboxylic acids is 1. The predicted molar refractivity (Wildman–Crippen MR) is 175 cm³/mol. The van der Waals surface area contributed by atoms with E-state index in [4.69, 9.17) is 23.3 Å². The van der Waals surface area contributed by atoms with Gasteiger partial charge in [-0.05, 0) is 81.3 Å². The molecule has 9 heteroatoms. The van der Waals surface area contributed by atoms with E-state index in [1.165, 1.54) is 12.0 Å². The molecule has 0 bridgehead atoms. The van der Waals surface area contributed by atoms with Crippen molar-refractivity contribution in [2.45, 2.75) is 83.0 Å². The van der Waals surface area contributed by atoms with Crippen molar-refractivity contribution in [1.82, 2.24) is 0 Å². The molecule has 5 rings (SSSR count). The largest absolute Gasteiger partial charge is 0.459 e. The number of nitrogens with zero attached hydrogens (tertiary/aromatic N) is 2. The van der Waals surface area contributed by atoms with Gasteiger partial charge in [0.25, 0.3) is 0 Å². The molecular formula is C33H44N2O5Si2. The number of unbranched alkanes of at least 4 members (excludes halogenated alkanes) is 1. The summed E-state index contributed by atoms with van der Waals surface area (Å²) in [4.78, 5) is 19.8. The molecule has 42 heavy (non-hydrogen) atoms. The van der Waals surface area contributed by atoms with Crippen LogP contribution in [0.5, 0.6) is 11.5 Å². The van der Waals surface area contributed by atoms with Crippen molar-refractivity contribution in [2.75, 3.05) is 18.7 Å². The summed E-state index contributed by atoms with van der Waals surface area (Å²) in [5.41, 5.74) is 2.07. The Kier molecular flexibility index (Phi) is 8.06. The van der Waals surface area contributed by atoms with Gasteiger partial charge in [-0.2, -0.15) is 0 Å². The Morgan fingerprint density at radius 2 is 1.76 bits per heavy atom. The van der Waals surface area contributed by atoms with E-state index in [0.717, 1.165) is 40.4 Å². The van der Waals surface area contributed by atoms with Crippen molar-refractivity contribution in [1.29, 1.82) is 0 Å². The van der Waals surface area contributed by atoms with Crippen molar-refractivity contribution < 1.29 is 23.1 Å². The monoisotopic (exact) mass is 604 g/mol. The van der Waals surface area contributed by atoms with E-state index in [2.05, 4.69) is 83.2 Å². The van der Waals surface area contributed by atoms with Crippen LogP contribution in [0.15, 0.2) is 59.6 Å². The Labute approximate surface area is 252 Å². The Morgan fingerprint density at radius 1 is 1.02 bits per heavy atom. The second kappa shape index (κ2) is 11.2. The van der Waals surface area contributed by atoms with Crippen molar-refractivity contribution in [3.05, 3.63) is 60.2 Å². The highest BCUT2D eigenvalue weighted by atomic mass is 28.4. The van der Waals surface area contributed by atoms with Gasteiger partial charge in [0.2, 0.25) is 12.5 Å². The van der Waals surface area contributed by atoms with E-state index in [0.29, 0.717) is 11.8 Å². The number of anilines is 1. The lowest BCUT2D eigenvalue weighted by Crippen LogP contribution is -2.61. The third kappa shape index (κ3) is 5.62. The van der Waals surface area contributed by atoms with E-state index in [-0.39, 0.29) is 18.2 Å². The van der Waals surface area contributed by atoms with Gasteiger partial charge in [-0.1, -0.05) is 50.1 Å². The number of rotatable bonds is 10. The number of carbonyl (C=O) groups is 1. The molecule has 0 fully saturated rings. The van der Waals surface area contributed by atoms with Gasteiger partial charge in [-0.15, -0.1) is 0 Å². The van der Waals surface area contributed by atoms with Crippen LogP contribution in [0.3, 0.4) is 0 Å². The van der Waals surface area contributed by atoms with Crippen LogP contribution in [-0.4, -0.2) is 48.4 Å². The highest BCUT2D eigenvalue weighted by molar-refractivity contribution is 6.86. The fourth-order valence-electron chi connectivity index (χ4n) is 6.44. The van der Waals surface area contributed by atoms with Gasteiger partial charge in [0.1, 0.15) is 17.2 Å². The Morgan fingerprint density at radius 3 is 2.50 bits per heavy atom. The van der Waals surface area contributed by atoms with E-state index >= 15 is 0 Å². The topological polar surface area (TPSA) is 69.6 Å². The number of fused-ring (bicyclic) bond motifs is 4. The maximum Gasteiger partial charge on any atom is 0.308 e. The lowest BCUT2D eigenvalue weighted by Gasteiger charge is -2.45. The number of hydrogen-bond acceptors (Lipinski definition) is 7. The highest BCUT2D eigenvalue weighted by Gasteiger charge is 2.58. The zero-order chi connectivity index (χ0) is 30.3. The Balaban J connectivity index is 1.27. The third-order valence-electron chi connectivity index (χ3n) is 8.59. The van der Waals surface area contributed by atoms with Gasteiger partial charge in [-0.25, -0.2) is 0 Å². The molecule has 1 atom stereocenters. The summed E-state index contributed by atoms with van der Waals surface area (Å²) < 4.78 is 24.7. The SMILES string of the molecule is CCCC[Si](C)(C)O[Si](C)(C)CC(=O)OCOc1ccc2ccc3c(c2c1)N=CC1(O3)N(C)c2ccccc2C1(C)C. The van der Waals surface area contributed by atoms with E-state index in [9.17, 15) is 4.79 Å². The molecule has 2 heterocycles. The highest BCUT2D eigenvalue weighted by Crippen LogP contribution is 2.54. The number of benzene rings is 3. The second-order valence-electron chi connectivity index (χ2n) is 13.2. The smallest absolute Gasteiger partial charge is 0.308 e. The van der Waals surface area contributed by atoms with E-state index < -0.39 is 22.4 Å². The normalized spacial score (nSPS) is 19.0. The van der Waals surface area contributed by atoms with Gasteiger partial charge in [-0.3, -0.25) is 9.79 Å². The average Bonchev–Trinajstić information content (AvgIpc) is 3.09. The molecule has 0 N–H and O–H groups in total. The first-order valence-corrected chi connectivity index (χ1v) is 21.1. The number of likely N-dealkylation sites (N-methyl/N-ethyl adjacent to an activating group) is 1. The van der Waals surface area contributed by atoms with Crippen LogP contribution in [0.1, 0.15) is 39.2 Å². The van der Waals surface area contributed by atoms with Gasteiger partial charge >= 0.3 is 5.97 Å². The summed E-state index contributed by atoms with van der Waals surface area (Å²) in [7, 11) is -1.92. The van der Waals surface area contributed by atoms with Gasteiger partial charge in [0, 0.05) is 18.1 Å². The molecule has 2 aliphatic rings. The molecular weight excluding hydrogens is 561 g/mol. The minimum absolute atomic E-state index is 0.152. The molecule has 0 amide bonds. The van der Waals surface area contributed by atoms with Crippen LogP contribution < -0.4 is 14.4 Å². The maximum atomic E-state index is 12.7. The van der Waals surface area contributed by atoms with Gasteiger partial charge in [0.05, 0.1) is 17.7 Å². The molecule has 0 radical (unpaired) electrons. The van der Waals surface area contributed by atoms with Crippen molar-refractivity contribution in [2.24, 2.45) is 4.99 Å². The molecule has 3 aromatic carbocycles. The Bertz CT molecular complexity index is 1520. The quantitative estimate of drug-likeness (QED) is 0.132. The van der Waals surface area contributed by atoms with Crippen LogP contribution in [0.4, 0.5) is 11.4 Å². The van der Waals surface area contributed by atoms with Crippen LogP contribution in [0.25, 0.3) is 10.8 Å². The van der Waals surface area contributed by atoms with Crippen molar-refractivity contribution in [3.63, 3.8) is 0 Å². The lowest BCUT2D eigenvalue weighted by molar-refractivity contribution is -0.147. The molecule has 2 aliphatic heterocycles. The van der Waals surface area contributed by atoms with Crippen molar-refractivity contribution in [3.8, 4) is 11.5 Å². The molecule has 0 saturated heterocycles.